The molecular formula is C18H23N3. The zero-order valence-electron chi connectivity index (χ0n) is 13.2. The van der Waals surface area contributed by atoms with Crippen LogP contribution in [0, 0.1) is 13.8 Å². The molecule has 0 atom stereocenters. The molecule has 3 nitrogen and oxygen atoms in total. The number of aromatic nitrogens is 2. The molecule has 1 aromatic heterocycles. The van der Waals surface area contributed by atoms with Crippen LogP contribution >= 0.6 is 0 Å². The number of anilines is 1. The zero-order valence-corrected chi connectivity index (χ0v) is 13.2. The minimum absolute atomic E-state index is 0.860. The van der Waals surface area contributed by atoms with Gasteiger partial charge in [0.2, 0.25) is 0 Å². The van der Waals surface area contributed by atoms with Gasteiger partial charge in [0.05, 0.1) is 0 Å². The van der Waals surface area contributed by atoms with Crippen molar-refractivity contribution in [3.8, 4) is 11.4 Å². The Morgan fingerprint density at radius 1 is 1.00 bits per heavy atom. The van der Waals surface area contributed by atoms with Crippen LogP contribution in [-0.4, -0.2) is 16.5 Å². The summed E-state index contributed by atoms with van der Waals surface area (Å²) in [6.07, 6.45) is 4.67. The first-order valence-corrected chi connectivity index (χ1v) is 7.89. The van der Waals surface area contributed by atoms with Gasteiger partial charge < -0.3 is 5.32 Å². The van der Waals surface area contributed by atoms with Crippen molar-refractivity contribution in [2.75, 3.05) is 11.9 Å². The topological polar surface area (TPSA) is 37.8 Å². The second-order valence-electron chi connectivity index (χ2n) is 5.93. The van der Waals surface area contributed by atoms with Gasteiger partial charge in [-0.25, -0.2) is 9.97 Å². The normalized spacial score (nSPS) is 13.9. The molecule has 1 aliphatic rings. The molecule has 1 N–H and O–H groups in total. The molecule has 3 rings (SSSR count). The first-order valence-electron chi connectivity index (χ1n) is 7.89. The molecule has 0 unspecified atom stereocenters. The second kappa shape index (κ2) is 5.84. The molecule has 2 aromatic rings. The summed E-state index contributed by atoms with van der Waals surface area (Å²) >= 11 is 0. The lowest BCUT2D eigenvalue weighted by Gasteiger charge is -2.19. The predicted octanol–water partition coefficient (Wildman–Crippen LogP) is 4.07. The van der Waals surface area contributed by atoms with Crippen molar-refractivity contribution >= 4 is 5.82 Å². The van der Waals surface area contributed by atoms with Gasteiger partial charge in [-0.1, -0.05) is 17.2 Å². The summed E-state index contributed by atoms with van der Waals surface area (Å²) in [5, 5.41) is 3.42. The monoisotopic (exact) mass is 281 g/mol. The first-order chi connectivity index (χ1) is 10.2. The van der Waals surface area contributed by atoms with Crippen molar-refractivity contribution < 1.29 is 0 Å². The smallest absolute Gasteiger partial charge is 0.161 e. The molecule has 0 saturated heterocycles. The number of rotatable bonds is 3. The van der Waals surface area contributed by atoms with Gasteiger partial charge in [0.1, 0.15) is 5.82 Å². The molecule has 0 saturated carbocycles. The maximum Gasteiger partial charge on any atom is 0.161 e. The summed E-state index contributed by atoms with van der Waals surface area (Å²) in [6.45, 7) is 7.27. The lowest BCUT2D eigenvalue weighted by atomic mass is 9.96. The number of nitrogens with one attached hydrogen (secondary N) is 1. The highest BCUT2D eigenvalue weighted by Gasteiger charge is 2.18. The Balaban J connectivity index is 2.12. The fourth-order valence-corrected chi connectivity index (χ4v) is 3.14. The van der Waals surface area contributed by atoms with Crippen molar-refractivity contribution in [2.45, 2.75) is 46.5 Å². The van der Waals surface area contributed by atoms with Gasteiger partial charge in [0, 0.05) is 23.4 Å². The summed E-state index contributed by atoms with van der Waals surface area (Å²) in [5.41, 5.74) is 6.21. The zero-order chi connectivity index (χ0) is 14.8. The van der Waals surface area contributed by atoms with Crippen LogP contribution in [0.1, 0.15) is 42.1 Å². The second-order valence-corrected chi connectivity index (χ2v) is 5.93. The van der Waals surface area contributed by atoms with Crippen molar-refractivity contribution in [2.24, 2.45) is 0 Å². The van der Waals surface area contributed by atoms with Gasteiger partial charge in [-0.3, -0.25) is 0 Å². The number of fused-ring (bicyclic) bond motifs is 1. The molecule has 1 aromatic carbocycles. The predicted molar refractivity (Wildman–Crippen MR) is 87.7 cm³/mol. The third kappa shape index (κ3) is 2.92. The maximum atomic E-state index is 4.86. The minimum atomic E-state index is 0.860. The summed E-state index contributed by atoms with van der Waals surface area (Å²) in [4.78, 5) is 9.66. The van der Waals surface area contributed by atoms with E-state index in [2.05, 4.69) is 44.3 Å². The maximum absolute atomic E-state index is 4.86. The lowest BCUT2D eigenvalue weighted by molar-refractivity contribution is 0.664. The molecule has 0 spiro atoms. The summed E-state index contributed by atoms with van der Waals surface area (Å²) in [6, 6.07) is 6.54. The minimum Gasteiger partial charge on any atom is -0.370 e. The van der Waals surface area contributed by atoms with Crippen molar-refractivity contribution in [3.63, 3.8) is 0 Å². The van der Waals surface area contributed by atoms with Crippen LogP contribution in [0.2, 0.25) is 0 Å². The number of hydrogen-bond acceptors (Lipinski definition) is 3. The molecule has 0 aliphatic heterocycles. The van der Waals surface area contributed by atoms with Crippen LogP contribution in [0.3, 0.4) is 0 Å². The molecule has 3 heteroatoms. The highest BCUT2D eigenvalue weighted by atomic mass is 15.0. The molecule has 0 radical (unpaired) electrons. The number of benzene rings is 1. The Morgan fingerprint density at radius 2 is 1.71 bits per heavy atom. The van der Waals surface area contributed by atoms with Crippen molar-refractivity contribution in [1.82, 2.24) is 9.97 Å². The molecule has 1 heterocycles. The summed E-state index contributed by atoms with van der Waals surface area (Å²) in [7, 11) is 0. The van der Waals surface area contributed by atoms with Gasteiger partial charge >= 0.3 is 0 Å². The molecule has 21 heavy (non-hydrogen) atoms. The fraction of sp³-hybridized carbons (Fsp3) is 0.444. The van der Waals surface area contributed by atoms with E-state index >= 15 is 0 Å². The van der Waals surface area contributed by atoms with E-state index in [9.17, 15) is 0 Å². The molecule has 0 fully saturated rings. The van der Waals surface area contributed by atoms with E-state index in [1.54, 1.807) is 0 Å². The first kappa shape index (κ1) is 14.1. The summed E-state index contributed by atoms with van der Waals surface area (Å²) in [5.74, 6) is 1.90. The Labute approximate surface area is 126 Å². The Kier molecular flexibility index (Phi) is 3.91. The Bertz CT molecular complexity index is 642. The van der Waals surface area contributed by atoms with Crippen LogP contribution in [0.4, 0.5) is 5.82 Å². The van der Waals surface area contributed by atoms with Gasteiger partial charge in [-0.05, 0) is 58.6 Å². The van der Waals surface area contributed by atoms with Gasteiger partial charge in [-0.15, -0.1) is 0 Å². The number of nitrogens with zero attached hydrogens (tertiary/aromatic N) is 2. The Hall–Kier alpha value is -1.90. The third-order valence-corrected chi connectivity index (χ3v) is 4.01. The number of hydrogen-bond donors (Lipinski definition) is 1. The highest BCUT2D eigenvalue weighted by Crippen LogP contribution is 2.29. The van der Waals surface area contributed by atoms with E-state index in [0.29, 0.717) is 0 Å². The van der Waals surface area contributed by atoms with Crippen LogP contribution < -0.4 is 5.32 Å². The van der Waals surface area contributed by atoms with E-state index < -0.39 is 0 Å². The van der Waals surface area contributed by atoms with Crippen LogP contribution in [0.5, 0.6) is 0 Å². The van der Waals surface area contributed by atoms with Crippen LogP contribution in [-0.2, 0) is 12.8 Å². The van der Waals surface area contributed by atoms with Crippen molar-refractivity contribution in [3.05, 3.63) is 40.6 Å². The fourth-order valence-electron chi connectivity index (χ4n) is 3.14. The largest absolute Gasteiger partial charge is 0.370 e. The van der Waals surface area contributed by atoms with E-state index in [1.807, 2.05) is 0 Å². The molecule has 1 aliphatic carbocycles. The van der Waals surface area contributed by atoms with E-state index in [1.165, 1.54) is 35.2 Å². The van der Waals surface area contributed by atoms with Crippen molar-refractivity contribution in [1.29, 1.82) is 0 Å². The molecule has 110 valence electrons. The van der Waals surface area contributed by atoms with Crippen LogP contribution in [0.25, 0.3) is 11.4 Å². The average molecular weight is 281 g/mol. The van der Waals surface area contributed by atoms with Gasteiger partial charge in [0.15, 0.2) is 5.82 Å². The van der Waals surface area contributed by atoms with E-state index in [-0.39, 0.29) is 0 Å². The molecule has 0 bridgehead atoms. The lowest BCUT2D eigenvalue weighted by Crippen LogP contribution is -2.13. The third-order valence-electron chi connectivity index (χ3n) is 4.01. The Morgan fingerprint density at radius 3 is 2.43 bits per heavy atom. The average Bonchev–Trinajstić information content (AvgIpc) is 2.46. The standard InChI is InChI=1S/C18H23N3/c1-4-19-18-15-7-5-6-8-16(15)20-17(21-18)14-10-12(2)9-13(3)11-14/h9-11H,4-8H2,1-3H3,(H,19,20,21). The molecule has 0 amide bonds. The van der Waals surface area contributed by atoms with Gasteiger partial charge in [-0.2, -0.15) is 0 Å². The van der Waals surface area contributed by atoms with Crippen LogP contribution in [0.15, 0.2) is 18.2 Å². The number of aryl methyl sites for hydroxylation is 3. The van der Waals surface area contributed by atoms with Gasteiger partial charge in [0.25, 0.3) is 0 Å². The quantitative estimate of drug-likeness (QED) is 0.921. The SMILES string of the molecule is CCNc1nc(-c2cc(C)cc(C)c2)nc2c1CCCC2. The van der Waals surface area contributed by atoms with E-state index in [4.69, 9.17) is 9.97 Å². The van der Waals surface area contributed by atoms with E-state index in [0.717, 1.165) is 36.6 Å². The highest BCUT2D eigenvalue weighted by molar-refractivity contribution is 5.62. The molecular weight excluding hydrogens is 258 g/mol. The summed E-state index contributed by atoms with van der Waals surface area (Å²) < 4.78 is 0.